The van der Waals surface area contributed by atoms with Gasteiger partial charge in [-0.2, -0.15) is 0 Å². The first-order valence-corrected chi connectivity index (χ1v) is 8.04. The molecule has 2 rings (SSSR count). The van der Waals surface area contributed by atoms with Crippen molar-refractivity contribution in [3.05, 3.63) is 60.2 Å². The Kier molecular flexibility index (Phi) is 6.21. The van der Waals surface area contributed by atoms with Gasteiger partial charge < -0.3 is 20.6 Å². The average molecular weight is 327 g/mol. The predicted octanol–water partition coefficient (Wildman–Crippen LogP) is 3.39. The molecule has 0 aliphatic heterocycles. The SMILES string of the molecule is C[C@H](C[C@H](O)c1ccccc1)NC(=O)Nc1ccccc1N(C)C. The summed E-state index contributed by atoms with van der Waals surface area (Å²) in [6.07, 6.45) is -0.150. The number of carbonyl (C=O) groups is 1. The van der Waals surface area contributed by atoms with Crippen LogP contribution in [0.4, 0.5) is 16.2 Å². The minimum Gasteiger partial charge on any atom is -0.388 e. The normalized spacial score (nSPS) is 13.0. The highest BCUT2D eigenvalue weighted by atomic mass is 16.3. The largest absolute Gasteiger partial charge is 0.388 e. The summed E-state index contributed by atoms with van der Waals surface area (Å²) in [6, 6.07) is 16.6. The Morgan fingerprint density at radius 3 is 2.38 bits per heavy atom. The Morgan fingerprint density at radius 2 is 1.71 bits per heavy atom. The maximum Gasteiger partial charge on any atom is 0.319 e. The summed E-state index contributed by atoms with van der Waals surface area (Å²) in [5.41, 5.74) is 2.53. The Hall–Kier alpha value is -2.53. The maximum atomic E-state index is 12.2. The molecule has 0 radical (unpaired) electrons. The van der Waals surface area contributed by atoms with Crippen LogP contribution in [0.15, 0.2) is 54.6 Å². The van der Waals surface area contributed by atoms with E-state index in [4.69, 9.17) is 0 Å². The number of amides is 2. The topological polar surface area (TPSA) is 64.6 Å². The molecule has 0 bridgehead atoms. The third-order valence-corrected chi connectivity index (χ3v) is 3.77. The third-order valence-electron chi connectivity index (χ3n) is 3.77. The fraction of sp³-hybridized carbons (Fsp3) is 0.316. The Labute approximate surface area is 143 Å². The number of anilines is 2. The number of nitrogens with one attached hydrogen (secondary N) is 2. The van der Waals surface area contributed by atoms with E-state index in [-0.39, 0.29) is 12.1 Å². The molecule has 0 saturated carbocycles. The number of benzene rings is 2. The number of urea groups is 1. The smallest absolute Gasteiger partial charge is 0.319 e. The minimum atomic E-state index is -0.601. The fourth-order valence-corrected chi connectivity index (χ4v) is 2.56. The van der Waals surface area contributed by atoms with Gasteiger partial charge >= 0.3 is 6.03 Å². The van der Waals surface area contributed by atoms with Crippen molar-refractivity contribution in [3.63, 3.8) is 0 Å². The summed E-state index contributed by atoms with van der Waals surface area (Å²) in [5.74, 6) is 0. The van der Waals surface area contributed by atoms with Crippen LogP contribution in [0.5, 0.6) is 0 Å². The van der Waals surface area contributed by atoms with Crippen LogP contribution in [0.3, 0.4) is 0 Å². The zero-order valence-electron chi connectivity index (χ0n) is 14.4. The highest BCUT2D eigenvalue weighted by Gasteiger charge is 2.15. The van der Waals surface area contributed by atoms with Crippen LogP contribution >= 0.6 is 0 Å². The number of nitrogens with zero attached hydrogens (tertiary/aromatic N) is 1. The van der Waals surface area contributed by atoms with Gasteiger partial charge in [0, 0.05) is 20.1 Å². The predicted molar refractivity (Wildman–Crippen MR) is 98.4 cm³/mol. The van der Waals surface area contributed by atoms with Crippen LogP contribution in [0.25, 0.3) is 0 Å². The first kappa shape index (κ1) is 17.8. The Balaban J connectivity index is 1.90. The van der Waals surface area contributed by atoms with Gasteiger partial charge in [-0.15, -0.1) is 0 Å². The van der Waals surface area contributed by atoms with E-state index in [0.29, 0.717) is 6.42 Å². The number of rotatable bonds is 6. The molecule has 2 amide bonds. The second kappa shape index (κ2) is 8.36. The minimum absolute atomic E-state index is 0.160. The number of aliphatic hydroxyl groups excluding tert-OH is 1. The summed E-state index contributed by atoms with van der Waals surface area (Å²) in [4.78, 5) is 14.1. The van der Waals surface area contributed by atoms with Crippen LogP contribution < -0.4 is 15.5 Å². The molecular formula is C19H25N3O2. The van der Waals surface area contributed by atoms with Crippen molar-refractivity contribution in [2.24, 2.45) is 0 Å². The van der Waals surface area contributed by atoms with Crippen LogP contribution in [0, 0.1) is 0 Å². The summed E-state index contributed by atoms with van der Waals surface area (Å²) in [6.45, 7) is 1.88. The molecule has 3 N–H and O–H groups in total. The molecule has 0 aliphatic rings. The molecule has 0 unspecified atom stereocenters. The third kappa shape index (κ3) is 4.99. The summed E-state index contributed by atoms with van der Waals surface area (Å²) in [7, 11) is 3.86. The second-order valence-electron chi connectivity index (χ2n) is 6.07. The van der Waals surface area contributed by atoms with Crippen molar-refractivity contribution in [2.45, 2.75) is 25.5 Å². The number of carbonyl (C=O) groups excluding carboxylic acids is 1. The summed E-state index contributed by atoms with van der Waals surface area (Å²) >= 11 is 0. The average Bonchev–Trinajstić information content (AvgIpc) is 2.55. The van der Waals surface area contributed by atoms with E-state index in [0.717, 1.165) is 16.9 Å². The Morgan fingerprint density at radius 1 is 1.08 bits per heavy atom. The van der Waals surface area contributed by atoms with Gasteiger partial charge in [0.2, 0.25) is 0 Å². The summed E-state index contributed by atoms with van der Waals surface area (Å²) in [5, 5.41) is 16.0. The van der Waals surface area contributed by atoms with Crippen molar-refractivity contribution in [1.29, 1.82) is 0 Å². The summed E-state index contributed by atoms with van der Waals surface area (Å²) < 4.78 is 0. The van der Waals surface area contributed by atoms with E-state index in [2.05, 4.69) is 10.6 Å². The molecule has 0 aromatic heterocycles. The molecule has 0 spiro atoms. The molecule has 128 valence electrons. The van der Waals surface area contributed by atoms with Crippen molar-refractivity contribution in [1.82, 2.24) is 5.32 Å². The molecule has 0 heterocycles. The molecule has 2 aromatic rings. The zero-order chi connectivity index (χ0) is 17.5. The van der Waals surface area contributed by atoms with Gasteiger partial charge in [0.05, 0.1) is 17.5 Å². The van der Waals surface area contributed by atoms with E-state index in [1.54, 1.807) is 0 Å². The number of hydrogen-bond acceptors (Lipinski definition) is 3. The molecule has 5 heteroatoms. The van der Waals surface area contributed by atoms with Crippen molar-refractivity contribution < 1.29 is 9.90 Å². The van der Waals surface area contributed by atoms with Gasteiger partial charge in [0.1, 0.15) is 0 Å². The zero-order valence-corrected chi connectivity index (χ0v) is 14.4. The second-order valence-corrected chi connectivity index (χ2v) is 6.07. The van der Waals surface area contributed by atoms with Gasteiger partial charge in [-0.25, -0.2) is 4.79 Å². The maximum absolute atomic E-state index is 12.2. The monoisotopic (exact) mass is 327 g/mol. The Bertz CT molecular complexity index is 659. The molecule has 0 saturated heterocycles. The number of aliphatic hydroxyl groups is 1. The highest BCUT2D eigenvalue weighted by molar-refractivity contribution is 5.93. The lowest BCUT2D eigenvalue weighted by Gasteiger charge is -2.21. The molecule has 0 aliphatic carbocycles. The van der Waals surface area contributed by atoms with Crippen molar-refractivity contribution in [3.8, 4) is 0 Å². The number of para-hydroxylation sites is 2. The lowest BCUT2D eigenvalue weighted by molar-refractivity contribution is 0.155. The van der Waals surface area contributed by atoms with Gasteiger partial charge in [0.25, 0.3) is 0 Å². The van der Waals surface area contributed by atoms with Gasteiger partial charge in [-0.05, 0) is 31.0 Å². The first-order chi connectivity index (χ1) is 11.5. The van der Waals surface area contributed by atoms with E-state index in [1.165, 1.54) is 0 Å². The van der Waals surface area contributed by atoms with E-state index < -0.39 is 6.10 Å². The molecule has 2 atom stereocenters. The quantitative estimate of drug-likeness (QED) is 0.762. The molecule has 0 fully saturated rings. The fourth-order valence-electron chi connectivity index (χ4n) is 2.56. The van der Waals surface area contributed by atoms with Crippen molar-refractivity contribution >= 4 is 17.4 Å². The molecular weight excluding hydrogens is 302 g/mol. The van der Waals surface area contributed by atoms with Gasteiger partial charge in [-0.3, -0.25) is 0 Å². The van der Waals surface area contributed by atoms with Crippen molar-refractivity contribution in [2.75, 3.05) is 24.3 Å². The van der Waals surface area contributed by atoms with E-state index in [9.17, 15) is 9.90 Å². The number of hydrogen-bond donors (Lipinski definition) is 3. The van der Waals surface area contributed by atoms with E-state index >= 15 is 0 Å². The van der Waals surface area contributed by atoms with Crippen LogP contribution in [-0.4, -0.2) is 31.3 Å². The molecule has 5 nitrogen and oxygen atoms in total. The lowest BCUT2D eigenvalue weighted by Crippen LogP contribution is -2.37. The molecule has 2 aromatic carbocycles. The van der Waals surface area contributed by atoms with Gasteiger partial charge in [0.15, 0.2) is 0 Å². The van der Waals surface area contributed by atoms with Crippen LogP contribution in [-0.2, 0) is 0 Å². The van der Waals surface area contributed by atoms with E-state index in [1.807, 2.05) is 80.5 Å². The molecule has 24 heavy (non-hydrogen) atoms. The lowest BCUT2D eigenvalue weighted by atomic mass is 10.0. The van der Waals surface area contributed by atoms with Gasteiger partial charge in [-0.1, -0.05) is 42.5 Å². The highest BCUT2D eigenvalue weighted by Crippen LogP contribution is 2.23. The van der Waals surface area contributed by atoms with Crippen LogP contribution in [0.1, 0.15) is 25.0 Å². The van der Waals surface area contributed by atoms with Crippen LogP contribution in [0.2, 0.25) is 0 Å². The standard InChI is InChI=1S/C19H25N3O2/c1-14(13-18(23)15-9-5-4-6-10-15)20-19(24)21-16-11-7-8-12-17(16)22(2)3/h4-12,14,18,23H,13H2,1-3H3,(H2,20,21,24)/t14-,18+/m1/s1. The first-order valence-electron chi connectivity index (χ1n) is 8.04.